The predicted octanol–water partition coefficient (Wildman–Crippen LogP) is 4.74. The Morgan fingerprint density at radius 2 is 1.71 bits per heavy atom. The Hall–Kier alpha value is -3.55. The van der Waals surface area contributed by atoms with Crippen LogP contribution in [0.25, 0.3) is 10.9 Å². The predicted molar refractivity (Wildman–Crippen MR) is 182 cm³/mol. The quantitative estimate of drug-likeness (QED) is 0.295. The molecule has 1 aliphatic carbocycles. The van der Waals surface area contributed by atoms with E-state index in [9.17, 15) is 19.5 Å². The zero-order valence-electron chi connectivity index (χ0n) is 28.1. The van der Waals surface area contributed by atoms with Gasteiger partial charge in [0.2, 0.25) is 5.91 Å². The highest BCUT2D eigenvalue weighted by atomic mass is 35.5. The highest BCUT2D eigenvalue weighted by Gasteiger charge is 2.43. The number of aliphatic carboxylic acids is 1. The minimum absolute atomic E-state index is 0.0400. The number of carboxylic acid groups (broad SMARTS) is 1. The molecule has 4 atom stereocenters. The van der Waals surface area contributed by atoms with Gasteiger partial charge in [0.15, 0.2) is 0 Å². The summed E-state index contributed by atoms with van der Waals surface area (Å²) in [5.41, 5.74) is 1.58. The number of rotatable bonds is 11. The summed E-state index contributed by atoms with van der Waals surface area (Å²) in [5.74, 6) is -2.42. The van der Waals surface area contributed by atoms with Crippen molar-refractivity contribution in [1.29, 1.82) is 0 Å². The van der Waals surface area contributed by atoms with Gasteiger partial charge in [0.1, 0.15) is 5.82 Å². The molecule has 3 aliphatic rings. The summed E-state index contributed by atoms with van der Waals surface area (Å²) in [5, 5.41) is 13.0. The van der Waals surface area contributed by atoms with Crippen LogP contribution in [0.1, 0.15) is 48.0 Å². The number of aryl methyl sites for hydroxylation is 1. The number of carboxylic acids is 1. The normalized spacial score (nSPS) is 26.0. The average Bonchev–Trinajstić information content (AvgIpc) is 3.81. The molecule has 0 spiro atoms. The number of ether oxygens (including phenoxy) is 3. The van der Waals surface area contributed by atoms with Crippen molar-refractivity contribution in [2.45, 2.75) is 68.9 Å². The molecule has 3 fully saturated rings. The van der Waals surface area contributed by atoms with Gasteiger partial charge in [-0.05, 0) is 55.9 Å². The van der Waals surface area contributed by atoms with Gasteiger partial charge in [-0.15, -0.1) is 0 Å². The molecule has 2 saturated heterocycles. The first kappa shape index (κ1) is 35.3. The lowest BCUT2D eigenvalue weighted by atomic mass is 9.87. The number of amides is 2. The van der Waals surface area contributed by atoms with Gasteiger partial charge in [0.25, 0.3) is 5.91 Å². The van der Waals surface area contributed by atoms with E-state index >= 15 is 4.39 Å². The number of methoxy groups -OCH3 is 2. The number of fused-ring (bicyclic) bond motifs is 1. The molecule has 49 heavy (non-hydrogen) atoms. The summed E-state index contributed by atoms with van der Waals surface area (Å²) < 4.78 is 35.0. The summed E-state index contributed by atoms with van der Waals surface area (Å²) in [6.45, 7) is 2.09. The number of para-hydroxylation sites is 1. The molecule has 1 aromatic heterocycles. The molecule has 11 nitrogen and oxygen atoms in total. The average molecular weight is 699 g/mol. The molecule has 2 aliphatic heterocycles. The number of halogens is 2. The van der Waals surface area contributed by atoms with Gasteiger partial charge in [0, 0.05) is 64.0 Å². The number of carbonyl (C=O) groups is 3. The van der Waals surface area contributed by atoms with Crippen molar-refractivity contribution in [2.24, 2.45) is 13.0 Å². The molecule has 0 unspecified atom stereocenters. The number of benzene rings is 2. The number of hydrogen-bond donors (Lipinski definition) is 2. The topological polar surface area (TPSA) is 123 Å². The lowest BCUT2D eigenvalue weighted by Gasteiger charge is -2.30. The number of nitrogens with one attached hydrogen (secondary N) is 1. The summed E-state index contributed by atoms with van der Waals surface area (Å²) in [6.07, 6.45) is 4.41. The Balaban J connectivity index is 1.14. The van der Waals surface area contributed by atoms with Crippen LogP contribution in [0.3, 0.4) is 0 Å². The molecule has 1 saturated carbocycles. The minimum atomic E-state index is -0.768. The van der Waals surface area contributed by atoms with E-state index in [1.807, 2.05) is 35.9 Å². The van der Waals surface area contributed by atoms with Gasteiger partial charge in [-0.2, -0.15) is 0 Å². The van der Waals surface area contributed by atoms with Crippen LogP contribution in [0, 0.1) is 11.7 Å². The van der Waals surface area contributed by atoms with Gasteiger partial charge in [-0.3, -0.25) is 19.3 Å². The van der Waals surface area contributed by atoms with Crippen molar-refractivity contribution < 1.29 is 38.1 Å². The summed E-state index contributed by atoms with van der Waals surface area (Å²) >= 11 is 6.56. The van der Waals surface area contributed by atoms with E-state index in [4.69, 9.17) is 25.8 Å². The Kier molecular flexibility index (Phi) is 10.9. The van der Waals surface area contributed by atoms with Crippen LogP contribution in [-0.2, 0) is 37.3 Å². The standard InChI is InChI=1S/C36H44ClFN4O7/c1-40-17-27(26-6-4-5-7-31(26)40)35(44)39-30-15-29(38)22(12-28(30)37)13-34(43)42-16-23(41-18-32(47-2)33(19-41)48-3)14-24(42)20-49-25-10-8-21(9-11-25)36(45)46/h4-7,12,15,17,21,23-25,32-33H,8-11,13-14,16,18-20H2,1-3H3,(H,39,44)(H,45,46)/t21?,23-,24-,25?,32-,33+/m0/s1. The second-order valence-electron chi connectivity index (χ2n) is 13.5. The lowest BCUT2D eigenvalue weighted by Crippen LogP contribution is -2.41. The smallest absolute Gasteiger partial charge is 0.306 e. The van der Waals surface area contributed by atoms with Gasteiger partial charge < -0.3 is 34.1 Å². The summed E-state index contributed by atoms with van der Waals surface area (Å²) in [4.78, 5) is 42.5. The van der Waals surface area contributed by atoms with Gasteiger partial charge in [-0.25, -0.2) is 4.39 Å². The van der Waals surface area contributed by atoms with Crippen LogP contribution < -0.4 is 5.32 Å². The fourth-order valence-electron chi connectivity index (χ4n) is 7.66. The maximum atomic E-state index is 15.6. The first-order valence-corrected chi connectivity index (χ1v) is 17.2. The van der Waals surface area contributed by atoms with Gasteiger partial charge in [-0.1, -0.05) is 29.8 Å². The van der Waals surface area contributed by atoms with Crippen LogP contribution in [0.2, 0.25) is 5.02 Å². The minimum Gasteiger partial charge on any atom is -0.481 e. The molecule has 0 radical (unpaired) electrons. The van der Waals surface area contributed by atoms with E-state index in [0.717, 1.165) is 17.0 Å². The molecule has 0 bridgehead atoms. The molecule has 264 valence electrons. The first-order valence-electron chi connectivity index (χ1n) is 16.8. The monoisotopic (exact) mass is 698 g/mol. The van der Waals surface area contributed by atoms with Crippen LogP contribution in [0.4, 0.5) is 10.1 Å². The Morgan fingerprint density at radius 1 is 1.02 bits per heavy atom. The highest BCUT2D eigenvalue weighted by Crippen LogP contribution is 2.32. The SMILES string of the molecule is CO[C@H]1CN([C@H]2C[C@@H](COC3CCC(C(=O)O)CC3)N(C(=O)Cc3cc(Cl)c(NC(=O)c4cn(C)c5ccccc45)cc3F)C2)C[C@H]1OC. The Labute approximate surface area is 290 Å². The first-order chi connectivity index (χ1) is 23.6. The van der Waals surface area contributed by atoms with Gasteiger partial charge in [0.05, 0.1) is 59.6 Å². The Bertz CT molecular complexity index is 1680. The van der Waals surface area contributed by atoms with Crippen LogP contribution in [0.15, 0.2) is 42.6 Å². The third-order valence-corrected chi connectivity index (χ3v) is 10.8. The second-order valence-corrected chi connectivity index (χ2v) is 13.9. The zero-order chi connectivity index (χ0) is 34.8. The molecule has 6 rings (SSSR count). The third-order valence-electron chi connectivity index (χ3n) is 10.5. The maximum Gasteiger partial charge on any atom is 0.306 e. The van der Waals surface area contributed by atoms with Crippen molar-refractivity contribution >= 4 is 46.0 Å². The van der Waals surface area contributed by atoms with Gasteiger partial charge >= 0.3 is 5.97 Å². The second kappa shape index (κ2) is 15.1. The van der Waals surface area contributed by atoms with E-state index in [0.29, 0.717) is 63.9 Å². The Morgan fingerprint density at radius 3 is 2.39 bits per heavy atom. The highest BCUT2D eigenvalue weighted by molar-refractivity contribution is 6.34. The number of carbonyl (C=O) groups excluding carboxylic acids is 2. The fourth-order valence-corrected chi connectivity index (χ4v) is 7.90. The zero-order valence-corrected chi connectivity index (χ0v) is 28.8. The van der Waals surface area contributed by atoms with E-state index < -0.39 is 17.7 Å². The van der Waals surface area contributed by atoms with Crippen molar-refractivity contribution in [3.63, 3.8) is 0 Å². The molecule has 2 aromatic carbocycles. The van der Waals surface area contributed by atoms with Crippen LogP contribution in [-0.4, -0.2) is 108 Å². The molecule has 3 aromatic rings. The van der Waals surface area contributed by atoms with E-state index in [-0.39, 0.29) is 64.9 Å². The molecule has 13 heteroatoms. The fraction of sp³-hybridized carbons (Fsp3) is 0.528. The lowest BCUT2D eigenvalue weighted by molar-refractivity contribution is -0.144. The third kappa shape index (κ3) is 7.63. The van der Waals surface area contributed by atoms with E-state index in [2.05, 4.69) is 10.2 Å². The number of anilines is 1. The van der Waals surface area contributed by atoms with Crippen molar-refractivity contribution in [3.8, 4) is 0 Å². The summed E-state index contributed by atoms with van der Waals surface area (Å²) in [6, 6.07) is 9.86. The molecular formula is C36H44ClFN4O7. The summed E-state index contributed by atoms with van der Waals surface area (Å²) in [7, 11) is 5.18. The molecule has 3 heterocycles. The number of aromatic nitrogens is 1. The molecule has 2 N–H and O–H groups in total. The van der Waals surface area contributed by atoms with Crippen molar-refractivity contribution in [1.82, 2.24) is 14.4 Å². The molecular weight excluding hydrogens is 655 g/mol. The van der Waals surface area contributed by atoms with Crippen molar-refractivity contribution in [2.75, 3.05) is 45.8 Å². The largest absolute Gasteiger partial charge is 0.481 e. The van der Waals surface area contributed by atoms with E-state index in [1.54, 1.807) is 25.3 Å². The number of nitrogens with zero attached hydrogens (tertiary/aromatic N) is 3. The van der Waals surface area contributed by atoms with E-state index in [1.165, 1.54) is 6.07 Å². The maximum absolute atomic E-state index is 15.6. The van der Waals surface area contributed by atoms with Crippen molar-refractivity contribution in [3.05, 3.63) is 64.6 Å². The van der Waals surface area contributed by atoms with Crippen LogP contribution in [0.5, 0.6) is 0 Å². The van der Waals surface area contributed by atoms with Crippen LogP contribution >= 0.6 is 11.6 Å². The molecule has 2 amide bonds. The number of likely N-dealkylation sites (tertiary alicyclic amines) is 2. The number of hydrogen-bond acceptors (Lipinski definition) is 7.